The Kier molecular flexibility index (Phi) is 8.18. The van der Waals surface area contributed by atoms with Gasteiger partial charge in [0.15, 0.2) is 0 Å². The van der Waals surface area contributed by atoms with E-state index in [1.54, 1.807) is 0 Å². The van der Waals surface area contributed by atoms with Crippen LogP contribution in [0.4, 0.5) is 17.1 Å². The summed E-state index contributed by atoms with van der Waals surface area (Å²) in [6.07, 6.45) is 0. The van der Waals surface area contributed by atoms with Crippen molar-refractivity contribution in [1.82, 2.24) is 4.57 Å². The fourth-order valence-corrected chi connectivity index (χ4v) is 9.86. The summed E-state index contributed by atoms with van der Waals surface area (Å²) in [5, 5.41) is 6.81. The summed E-state index contributed by atoms with van der Waals surface area (Å²) in [5.74, 6) is 0. The molecule has 0 radical (unpaired) electrons. The third-order valence-electron chi connectivity index (χ3n) is 12.8. The Hall–Kier alpha value is -8.60. The van der Waals surface area contributed by atoms with Crippen LogP contribution in [-0.2, 0) is 0 Å². The molecule has 13 rings (SSSR count). The van der Waals surface area contributed by atoms with Crippen molar-refractivity contribution < 1.29 is 8.83 Å². The fourth-order valence-electron chi connectivity index (χ4n) is 9.86. The highest BCUT2D eigenvalue weighted by molar-refractivity contribution is 6.14. The molecule has 13 aromatic rings. The Morgan fingerprint density at radius 2 is 0.781 bits per heavy atom. The van der Waals surface area contributed by atoms with Gasteiger partial charge in [0.25, 0.3) is 0 Å². The highest BCUT2D eigenvalue weighted by Crippen LogP contribution is 2.46. The third-order valence-corrected chi connectivity index (χ3v) is 12.8. The molecule has 0 aliphatic rings. The first-order valence-electron chi connectivity index (χ1n) is 21.7. The minimum atomic E-state index is 0.854. The van der Waals surface area contributed by atoms with Crippen LogP contribution in [0.2, 0.25) is 0 Å². The van der Waals surface area contributed by atoms with Crippen LogP contribution in [0.25, 0.3) is 105 Å². The number of nitrogens with zero attached hydrogens (tertiary/aromatic N) is 2. The highest BCUT2D eigenvalue weighted by Gasteiger charge is 2.23. The van der Waals surface area contributed by atoms with Crippen LogP contribution >= 0.6 is 0 Å². The van der Waals surface area contributed by atoms with Crippen molar-refractivity contribution in [3.63, 3.8) is 0 Å². The molecule has 0 saturated heterocycles. The summed E-state index contributed by atoms with van der Waals surface area (Å²) >= 11 is 0. The number of hydrogen-bond donors (Lipinski definition) is 0. The van der Waals surface area contributed by atoms with E-state index in [-0.39, 0.29) is 0 Å². The molecule has 3 heterocycles. The molecule has 0 fully saturated rings. The largest absolute Gasteiger partial charge is 0.455 e. The molecule has 4 heteroatoms. The number of hydrogen-bond acceptors (Lipinski definition) is 3. The molecule has 0 atom stereocenters. The molecule has 300 valence electrons. The second-order valence-corrected chi connectivity index (χ2v) is 16.4. The van der Waals surface area contributed by atoms with Crippen LogP contribution in [0.5, 0.6) is 0 Å². The molecule has 0 unspecified atom stereocenters. The average Bonchev–Trinajstić information content (AvgIpc) is 4.05. The van der Waals surface area contributed by atoms with E-state index in [0.29, 0.717) is 0 Å². The summed E-state index contributed by atoms with van der Waals surface area (Å²) in [5.41, 5.74) is 16.6. The van der Waals surface area contributed by atoms with Gasteiger partial charge in [0, 0.05) is 66.1 Å². The van der Waals surface area contributed by atoms with Crippen LogP contribution in [0.3, 0.4) is 0 Å². The van der Waals surface area contributed by atoms with Gasteiger partial charge >= 0.3 is 0 Å². The van der Waals surface area contributed by atoms with Crippen molar-refractivity contribution in [2.45, 2.75) is 0 Å². The first-order valence-corrected chi connectivity index (χ1v) is 21.7. The smallest absolute Gasteiger partial charge is 0.143 e. The lowest BCUT2D eigenvalue weighted by Crippen LogP contribution is -2.10. The average molecular weight is 819 g/mol. The zero-order valence-corrected chi connectivity index (χ0v) is 34.7. The lowest BCUT2D eigenvalue weighted by atomic mass is 9.98. The standard InChI is InChI=1S/C60H38N2O2/c1-2-15-39(16-3-1)40-29-33-42(34-30-40)61(43-35-31-41(32-36-43)45-22-14-23-51-49-20-7-12-27-57(49)63-59(45)51)44-37-52(60-53(38-44)50-21-8-13-28-58(50)64-60)48-19-6-11-26-56(48)62-54-24-9-4-17-46(54)47-18-5-10-25-55(47)62/h1-38H. The van der Waals surface area contributed by atoms with E-state index < -0.39 is 0 Å². The number of rotatable bonds is 7. The molecule has 10 aromatic carbocycles. The van der Waals surface area contributed by atoms with Crippen molar-refractivity contribution >= 4 is 82.7 Å². The van der Waals surface area contributed by atoms with E-state index in [9.17, 15) is 0 Å². The maximum absolute atomic E-state index is 6.88. The van der Waals surface area contributed by atoms with Gasteiger partial charge in [0.05, 0.1) is 16.7 Å². The molecule has 0 saturated carbocycles. The van der Waals surface area contributed by atoms with E-state index in [2.05, 4.69) is 222 Å². The SMILES string of the molecule is c1ccc(-c2ccc(N(c3ccc(-c4cccc5c4oc4ccccc45)cc3)c3cc(-c4ccccc4-n4c5ccccc5c5ccccc54)c4oc5ccccc5c4c3)cc2)cc1. The van der Waals surface area contributed by atoms with Crippen LogP contribution in [0, 0.1) is 0 Å². The minimum absolute atomic E-state index is 0.854. The molecular weight excluding hydrogens is 781 g/mol. The lowest BCUT2D eigenvalue weighted by molar-refractivity contribution is 0.669. The van der Waals surface area contributed by atoms with Crippen molar-refractivity contribution in [3.8, 4) is 39.1 Å². The molecule has 0 N–H and O–H groups in total. The quantitative estimate of drug-likeness (QED) is 0.161. The maximum atomic E-state index is 6.88. The summed E-state index contributed by atoms with van der Waals surface area (Å²) < 4.78 is 15.8. The topological polar surface area (TPSA) is 34.5 Å². The van der Waals surface area contributed by atoms with E-state index in [1.165, 1.54) is 16.3 Å². The van der Waals surface area contributed by atoms with Gasteiger partial charge in [-0.15, -0.1) is 0 Å². The van der Waals surface area contributed by atoms with Gasteiger partial charge in [-0.2, -0.15) is 0 Å². The summed E-state index contributed by atoms with van der Waals surface area (Å²) in [4.78, 5) is 2.37. The number of para-hydroxylation sites is 6. The first-order chi connectivity index (χ1) is 31.7. The molecule has 0 spiro atoms. The molecule has 0 bridgehead atoms. The van der Waals surface area contributed by atoms with Gasteiger partial charge in [-0.05, 0) is 83.4 Å². The second kappa shape index (κ2) is 14.5. The van der Waals surface area contributed by atoms with Crippen LogP contribution in [-0.4, -0.2) is 4.57 Å². The van der Waals surface area contributed by atoms with Gasteiger partial charge in [-0.3, -0.25) is 0 Å². The molecule has 0 aliphatic carbocycles. The highest BCUT2D eigenvalue weighted by atomic mass is 16.3. The normalized spacial score (nSPS) is 11.8. The Bertz CT molecular complexity index is 3840. The molecule has 64 heavy (non-hydrogen) atoms. The predicted octanol–water partition coefficient (Wildman–Crippen LogP) is 17.1. The summed E-state index contributed by atoms with van der Waals surface area (Å²) in [6, 6.07) is 82.1. The number of anilines is 3. The van der Waals surface area contributed by atoms with Gasteiger partial charge in [0.1, 0.15) is 22.3 Å². The van der Waals surface area contributed by atoms with Crippen LogP contribution < -0.4 is 4.90 Å². The van der Waals surface area contributed by atoms with Crippen molar-refractivity contribution in [3.05, 3.63) is 231 Å². The Balaban J connectivity index is 1.04. The number of fused-ring (bicyclic) bond motifs is 9. The Labute approximate surface area is 369 Å². The molecule has 3 aromatic heterocycles. The summed E-state index contributed by atoms with van der Waals surface area (Å²) in [6.45, 7) is 0. The first kappa shape index (κ1) is 36.1. The Morgan fingerprint density at radius 3 is 1.45 bits per heavy atom. The second-order valence-electron chi connectivity index (χ2n) is 16.4. The summed E-state index contributed by atoms with van der Waals surface area (Å²) in [7, 11) is 0. The molecular formula is C60H38N2O2. The van der Waals surface area contributed by atoms with Crippen molar-refractivity contribution in [1.29, 1.82) is 0 Å². The maximum Gasteiger partial charge on any atom is 0.143 e. The minimum Gasteiger partial charge on any atom is -0.455 e. The van der Waals surface area contributed by atoms with Gasteiger partial charge in [-0.1, -0.05) is 164 Å². The zero-order chi connectivity index (χ0) is 42.1. The van der Waals surface area contributed by atoms with Gasteiger partial charge in [-0.25, -0.2) is 0 Å². The lowest BCUT2D eigenvalue weighted by Gasteiger charge is -2.27. The van der Waals surface area contributed by atoms with Crippen LogP contribution in [0.15, 0.2) is 239 Å². The monoisotopic (exact) mass is 818 g/mol. The number of aromatic nitrogens is 1. The number of benzene rings is 10. The molecule has 4 nitrogen and oxygen atoms in total. The van der Waals surface area contributed by atoms with E-state index in [4.69, 9.17) is 8.83 Å². The van der Waals surface area contributed by atoms with Crippen molar-refractivity contribution in [2.75, 3.05) is 4.90 Å². The van der Waals surface area contributed by atoms with E-state index in [1.807, 2.05) is 18.2 Å². The molecule has 0 amide bonds. The van der Waals surface area contributed by atoms with Gasteiger partial charge in [0.2, 0.25) is 0 Å². The van der Waals surface area contributed by atoms with E-state index in [0.717, 1.165) is 105 Å². The van der Waals surface area contributed by atoms with Gasteiger partial charge < -0.3 is 18.3 Å². The number of furan rings is 2. The predicted molar refractivity (Wildman–Crippen MR) is 266 cm³/mol. The fraction of sp³-hybridized carbons (Fsp3) is 0. The van der Waals surface area contributed by atoms with Crippen LogP contribution in [0.1, 0.15) is 0 Å². The van der Waals surface area contributed by atoms with Crippen molar-refractivity contribution in [2.24, 2.45) is 0 Å². The Morgan fingerprint density at radius 1 is 0.297 bits per heavy atom. The zero-order valence-electron chi connectivity index (χ0n) is 34.7. The third kappa shape index (κ3) is 5.70. The molecule has 0 aliphatic heterocycles. The van der Waals surface area contributed by atoms with E-state index >= 15 is 0 Å².